The van der Waals surface area contributed by atoms with Gasteiger partial charge in [-0.05, 0) is 6.42 Å². The molecule has 1 saturated carbocycles. The van der Waals surface area contributed by atoms with Gasteiger partial charge in [0.05, 0.1) is 0 Å². The van der Waals surface area contributed by atoms with Crippen LogP contribution >= 0.6 is 22.6 Å². The molecule has 0 nitrogen and oxygen atoms in total. The molecule has 0 unspecified atom stereocenters. The first-order valence-electron chi connectivity index (χ1n) is 2.62. The number of alkyl halides is 3. The van der Waals surface area contributed by atoms with Crippen molar-refractivity contribution >= 4 is 22.6 Å². The SMILES string of the molecule is FC1(F)CC[C@H](I)C1. The fourth-order valence-corrected chi connectivity index (χ4v) is 1.85. The summed E-state index contributed by atoms with van der Waals surface area (Å²) in [5, 5.41) is 0. The summed E-state index contributed by atoms with van der Waals surface area (Å²) in [7, 11) is 0. The van der Waals surface area contributed by atoms with E-state index in [1.807, 2.05) is 0 Å². The standard InChI is InChI=1S/C5H7F2I/c6-5(7)2-1-4(8)3-5/h4H,1-3H2/t4-/m0/s1. The molecule has 3 heteroatoms. The average Bonchev–Trinajstić information content (AvgIpc) is 1.82. The topological polar surface area (TPSA) is 0 Å². The second-order valence-electron chi connectivity index (χ2n) is 2.20. The van der Waals surface area contributed by atoms with Crippen LogP contribution in [0.3, 0.4) is 0 Å². The van der Waals surface area contributed by atoms with Crippen LogP contribution in [0.25, 0.3) is 0 Å². The zero-order valence-electron chi connectivity index (χ0n) is 4.33. The molecule has 1 atom stereocenters. The molecule has 0 aromatic carbocycles. The summed E-state index contributed by atoms with van der Waals surface area (Å²) in [6, 6.07) is 0. The summed E-state index contributed by atoms with van der Waals surface area (Å²) in [4.78, 5) is 0. The maximum absolute atomic E-state index is 12.2. The lowest BCUT2D eigenvalue weighted by Crippen LogP contribution is -2.08. The fourth-order valence-electron chi connectivity index (χ4n) is 0.896. The molecule has 0 bridgehead atoms. The van der Waals surface area contributed by atoms with Crippen LogP contribution in [0.2, 0.25) is 0 Å². The molecule has 1 fully saturated rings. The lowest BCUT2D eigenvalue weighted by atomic mass is 10.3. The summed E-state index contributed by atoms with van der Waals surface area (Å²) in [6.07, 6.45) is 0.877. The number of hydrogen-bond donors (Lipinski definition) is 0. The molecule has 0 aromatic rings. The van der Waals surface area contributed by atoms with Crippen molar-refractivity contribution in [3.8, 4) is 0 Å². The highest BCUT2D eigenvalue weighted by Gasteiger charge is 2.37. The minimum atomic E-state index is -2.34. The summed E-state index contributed by atoms with van der Waals surface area (Å²) < 4.78 is 24.6. The Morgan fingerprint density at radius 1 is 1.50 bits per heavy atom. The van der Waals surface area contributed by atoms with E-state index in [-0.39, 0.29) is 16.8 Å². The summed E-state index contributed by atoms with van der Waals surface area (Å²) in [5.41, 5.74) is 0. The van der Waals surface area contributed by atoms with Crippen LogP contribution < -0.4 is 0 Å². The first-order valence-corrected chi connectivity index (χ1v) is 3.87. The van der Waals surface area contributed by atoms with Crippen LogP contribution in [-0.4, -0.2) is 9.85 Å². The Bertz CT molecular complexity index is 92.4. The maximum Gasteiger partial charge on any atom is 0.249 e. The van der Waals surface area contributed by atoms with Crippen molar-refractivity contribution in [2.24, 2.45) is 0 Å². The molecule has 0 aromatic heterocycles. The Labute approximate surface area is 60.8 Å². The third-order valence-electron chi connectivity index (χ3n) is 1.34. The Morgan fingerprint density at radius 2 is 2.12 bits per heavy atom. The maximum atomic E-state index is 12.2. The third-order valence-corrected chi connectivity index (χ3v) is 2.41. The highest BCUT2D eigenvalue weighted by atomic mass is 127. The highest BCUT2D eigenvalue weighted by Crippen LogP contribution is 2.38. The average molecular weight is 232 g/mol. The quantitative estimate of drug-likeness (QED) is 0.444. The molecule has 0 aliphatic heterocycles. The fraction of sp³-hybridized carbons (Fsp3) is 1.00. The van der Waals surface area contributed by atoms with Crippen molar-refractivity contribution in [1.29, 1.82) is 0 Å². The van der Waals surface area contributed by atoms with Crippen molar-refractivity contribution in [1.82, 2.24) is 0 Å². The van der Waals surface area contributed by atoms with Gasteiger partial charge < -0.3 is 0 Å². The second-order valence-corrected chi connectivity index (χ2v) is 3.96. The van der Waals surface area contributed by atoms with Crippen LogP contribution in [0.5, 0.6) is 0 Å². The van der Waals surface area contributed by atoms with Gasteiger partial charge in [-0.2, -0.15) is 0 Å². The van der Waals surface area contributed by atoms with Crippen molar-refractivity contribution in [3.63, 3.8) is 0 Å². The molecular formula is C5H7F2I. The van der Waals surface area contributed by atoms with E-state index in [9.17, 15) is 8.78 Å². The van der Waals surface area contributed by atoms with E-state index in [1.165, 1.54) is 0 Å². The van der Waals surface area contributed by atoms with Crippen LogP contribution in [-0.2, 0) is 0 Å². The van der Waals surface area contributed by atoms with Crippen molar-refractivity contribution < 1.29 is 8.78 Å². The molecule has 1 aliphatic rings. The van der Waals surface area contributed by atoms with E-state index < -0.39 is 5.92 Å². The predicted octanol–water partition coefficient (Wildman–Crippen LogP) is 2.61. The number of hydrogen-bond acceptors (Lipinski definition) is 0. The number of halogens is 3. The van der Waals surface area contributed by atoms with Crippen LogP contribution in [0.1, 0.15) is 19.3 Å². The zero-order chi connectivity index (χ0) is 6.20. The van der Waals surface area contributed by atoms with Gasteiger partial charge in [-0.1, -0.05) is 22.6 Å². The van der Waals surface area contributed by atoms with Crippen LogP contribution in [0.15, 0.2) is 0 Å². The molecule has 0 heterocycles. The lowest BCUT2D eigenvalue weighted by molar-refractivity contribution is 0.0101. The van der Waals surface area contributed by atoms with E-state index >= 15 is 0 Å². The third kappa shape index (κ3) is 1.53. The first-order chi connectivity index (χ1) is 3.60. The molecule has 0 radical (unpaired) electrons. The second kappa shape index (κ2) is 2.08. The van der Waals surface area contributed by atoms with E-state index in [0.717, 1.165) is 0 Å². The van der Waals surface area contributed by atoms with Crippen molar-refractivity contribution in [2.45, 2.75) is 29.1 Å². The zero-order valence-corrected chi connectivity index (χ0v) is 6.49. The molecule has 1 rings (SSSR count). The molecule has 1 aliphatic carbocycles. The van der Waals surface area contributed by atoms with Gasteiger partial charge in [0.25, 0.3) is 0 Å². The van der Waals surface area contributed by atoms with Crippen molar-refractivity contribution in [3.05, 3.63) is 0 Å². The minimum Gasteiger partial charge on any atom is -0.207 e. The molecule has 8 heavy (non-hydrogen) atoms. The van der Waals surface area contributed by atoms with Gasteiger partial charge in [-0.3, -0.25) is 0 Å². The van der Waals surface area contributed by atoms with Crippen molar-refractivity contribution in [2.75, 3.05) is 0 Å². The highest BCUT2D eigenvalue weighted by molar-refractivity contribution is 14.1. The summed E-state index contributed by atoms with van der Waals surface area (Å²) in [5.74, 6) is -2.34. The van der Waals surface area contributed by atoms with E-state index in [2.05, 4.69) is 22.6 Å². The molecule has 0 saturated heterocycles. The summed E-state index contributed by atoms with van der Waals surface area (Å²) >= 11 is 2.08. The Balaban J connectivity index is 2.44. The van der Waals surface area contributed by atoms with Gasteiger partial charge in [0, 0.05) is 16.8 Å². The lowest BCUT2D eigenvalue weighted by Gasteiger charge is -2.04. The molecule has 0 amide bonds. The minimum absolute atomic E-state index is 0.0908. The Morgan fingerprint density at radius 3 is 2.25 bits per heavy atom. The number of rotatable bonds is 0. The molecular weight excluding hydrogens is 225 g/mol. The molecule has 0 N–H and O–H groups in total. The van der Waals surface area contributed by atoms with Crippen LogP contribution in [0.4, 0.5) is 8.78 Å². The van der Waals surface area contributed by atoms with Gasteiger partial charge >= 0.3 is 0 Å². The predicted molar refractivity (Wildman–Crippen MR) is 36.6 cm³/mol. The van der Waals surface area contributed by atoms with Gasteiger partial charge in [-0.15, -0.1) is 0 Å². The van der Waals surface area contributed by atoms with E-state index in [1.54, 1.807) is 0 Å². The van der Waals surface area contributed by atoms with Gasteiger partial charge in [0.2, 0.25) is 5.92 Å². The van der Waals surface area contributed by atoms with Gasteiger partial charge in [-0.25, -0.2) is 8.78 Å². The Kier molecular flexibility index (Phi) is 1.74. The molecule has 0 spiro atoms. The first kappa shape index (κ1) is 6.71. The smallest absolute Gasteiger partial charge is 0.207 e. The van der Waals surface area contributed by atoms with Gasteiger partial charge in [0.15, 0.2) is 0 Å². The van der Waals surface area contributed by atoms with E-state index in [0.29, 0.717) is 6.42 Å². The monoisotopic (exact) mass is 232 g/mol. The van der Waals surface area contributed by atoms with Gasteiger partial charge in [0.1, 0.15) is 0 Å². The van der Waals surface area contributed by atoms with Crippen LogP contribution in [0, 0.1) is 0 Å². The van der Waals surface area contributed by atoms with E-state index in [4.69, 9.17) is 0 Å². The Hall–Kier alpha value is 0.590. The largest absolute Gasteiger partial charge is 0.249 e. The molecule has 48 valence electrons. The summed E-state index contributed by atoms with van der Waals surface area (Å²) in [6.45, 7) is 0. The normalized spacial score (nSPS) is 35.6.